The highest BCUT2D eigenvalue weighted by atomic mass is 16.5. The van der Waals surface area contributed by atoms with Crippen molar-refractivity contribution in [3.05, 3.63) is 23.8 Å². The maximum absolute atomic E-state index is 12.0. The topological polar surface area (TPSA) is 84.6 Å². The molecule has 2 atom stereocenters. The van der Waals surface area contributed by atoms with E-state index < -0.39 is 6.10 Å². The third-order valence-electron chi connectivity index (χ3n) is 3.07. The van der Waals surface area contributed by atoms with Gasteiger partial charge in [0.1, 0.15) is 11.9 Å². The predicted molar refractivity (Wildman–Crippen MR) is 68.4 cm³/mol. The van der Waals surface area contributed by atoms with Crippen molar-refractivity contribution in [1.82, 2.24) is 0 Å². The first-order valence-electron chi connectivity index (χ1n) is 6.06. The first-order chi connectivity index (χ1) is 8.60. The van der Waals surface area contributed by atoms with E-state index in [2.05, 4.69) is 5.32 Å². The lowest BCUT2D eigenvalue weighted by Crippen LogP contribution is -2.29. The summed E-state index contributed by atoms with van der Waals surface area (Å²) in [6.07, 6.45) is 0.958. The van der Waals surface area contributed by atoms with Crippen molar-refractivity contribution in [3.8, 4) is 5.75 Å². The van der Waals surface area contributed by atoms with E-state index >= 15 is 0 Å². The molecule has 0 aliphatic carbocycles. The molecule has 1 aromatic rings. The highest BCUT2D eigenvalue weighted by Gasteiger charge is 2.30. The summed E-state index contributed by atoms with van der Waals surface area (Å²) in [6.45, 7) is 2.32. The molecule has 0 aromatic heterocycles. The minimum atomic E-state index is -0.474. The number of aryl methyl sites for hydroxylation is 1. The largest absolute Gasteiger partial charge is 0.506 e. The number of phenols is 1. The number of carbonyl (C=O) groups is 1. The average Bonchev–Trinajstić information content (AvgIpc) is 2.82. The van der Waals surface area contributed by atoms with Gasteiger partial charge in [0.25, 0.3) is 5.91 Å². The molecule has 0 spiro atoms. The van der Waals surface area contributed by atoms with Crippen LogP contribution in [-0.4, -0.2) is 29.8 Å². The molecule has 98 valence electrons. The number of hydrogen-bond donors (Lipinski definition) is 3. The number of hydrogen-bond acceptors (Lipinski definition) is 4. The van der Waals surface area contributed by atoms with Crippen LogP contribution in [-0.2, 0) is 9.53 Å². The summed E-state index contributed by atoms with van der Waals surface area (Å²) in [5.74, 6) is -0.172. The fraction of sp³-hybridized carbons (Fsp3) is 0.462. The van der Waals surface area contributed by atoms with E-state index in [0.717, 1.165) is 12.0 Å². The summed E-state index contributed by atoms with van der Waals surface area (Å²) in [7, 11) is 0. The first kappa shape index (κ1) is 12.9. The Morgan fingerprint density at radius 1 is 1.56 bits per heavy atom. The number of nitrogens with two attached hydrogens (primary N) is 1. The van der Waals surface area contributed by atoms with Crippen LogP contribution in [0.1, 0.15) is 18.4 Å². The maximum Gasteiger partial charge on any atom is 0.253 e. The molecular formula is C13H18N2O3. The second kappa shape index (κ2) is 5.37. The molecule has 1 amide bonds. The van der Waals surface area contributed by atoms with Crippen molar-refractivity contribution in [3.63, 3.8) is 0 Å². The molecule has 1 fully saturated rings. The van der Waals surface area contributed by atoms with Crippen molar-refractivity contribution in [2.45, 2.75) is 32.0 Å². The Labute approximate surface area is 106 Å². The summed E-state index contributed by atoms with van der Waals surface area (Å²) in [5.41, 5.74) is 6.88. The number of anilines is 1. The van der Waals surface area contributed by atoms with Gasteiger partial charge in [-0.15, -0.1) is 0 Å². The van der Waals surface area contributed by atoms with E-state index in [1.807, 2.05) is 6.92 Å². The van der Waals surface area contributed by atoms with Crippen LogP contribution in [0, 0.1) is 6.92 Å². The standard InChI is InChI=1S/C13H18N2O3/c1-8-2-4-11(16)10(6-8)15-13(17)12-5-3-9(7-14)18-12/h2,4,6,9,12,16H,3,5,7,14H2,1H3,(H,15,17)/t9-,12+/m1/s1. The van der Waals surface area contributed by atoms with Gasteiger partial charge in [-0.1, -0.05) is 6.07 Å². The van der Waals surface area contributed by atoms with Crippen LogP contribution in [0.3, 0.4) is 0 Å². The summed E-state index contributed by atoms with van der Waals surface area (Å²) >= 11 is 0. The highest BCUT2D eigenvalue weighted by Crippen LogP contribution is 2.26. The lowest BCUT2D eigenvalue weighted by molar-refractivity contribution is -0.126. The molecule has 2 rings (SSSR count). The molecule has 0 bridgehead atoms. The molecule has 0 radical (unpaired) electrons. The van der Waals surface area contributed by atoms with Crippen LogP contribution < -0.4 is 11.1 Å². The Morgan fingerprint density at radius 3 is 3.00 bits per heavy atom. The van der Waals surface area contributed by atoms with E-state index in [-0.39, 0.29) is 17.8 Å². The maximum atomic E-state index is 12.0. The van der Waals surface area contributed by atoms with Crippen LogP contribution in [0.15, 0.2) is 18.2 Å². The van der Waals surface area contributed by atoms with E-state index in [0.29, 0.717) is 18.7 Å². The Morgan fingerprint density at radius 2 is 2.33 bits per heavy atom. The zero-order valence-corrected chi connectivity index (χ0v) is 10.3. The number of phenolic OH excluding ortho intramolecular Hbond substituents is 1. The Bertz CT molecular complexity index is 448. The normalized spacial score (nSPS) is 23.0. The van der Waals surface area contributed by atoms with E-state index in [4.69, 9.17) is 10.5 Å². The molecular weight excluding hydrogens is 232 g/mol. The zero-order chi connectivity index (χ0) is 13.1. The number of carbonyl (C=O) groups excluding carboxylic acids is 1. The van der Waals surface area contributed by atoms with Gasteiger partial charge >= 0.3 is 0 Å². The zero-order valence-electron chi connectivity index (χ0n) is 10.3. The third kappa shape index (κ3) is 2.80. The third-order valence-corrected chi connectivity index (χ3v) is 3.07. The van der Waals surface area contributed by atoms with E-state index in [9.17, 15) is 9.90 Å². The van der Waals surface area contributed by atoms with Gasteiger partial charge in [-0.25, -0.2) is 0 Å². The SMILES string of the molecule is Cc1ccc(O)c(NC(=O)[C@@H]2CC[C@H](CN)O2)c1. The van der Waals surface area contributed by atoms with Crippen LogP contribution in [0.25, 0.3) is 0 Å². The molecule has 0 unspecified atom stereocenters. The smallest absolute Gasteiger partial charge is 0.253 e. The van der Waals surface area contributed by atoms with Gasteiger partial charge in [-0.2, -0.15) is 0 Å². The molecule has 1 heterocycles. The van der Waals surface area contributed by atoms with E-state index in [1.54, 1.807) is 18.2 Å². The molecule has 1 aromatic carbocycles. The summed E-state index contributed by atoms with van der Waals surface area (Å²) < 4.78 is 5.50. The van der Waals surface area contributed by atoms with Crippen molar-refractivity contribution < 1.29 is 14.6 Å². The number of aromatic hydroxyl groups is 1. The summed E-state index contributed by atoms with van der Waals surface area (Å²) in [6, 6.07) is 5.06. The summed E-state index contributed by atoms with van der Waals surface area (Å²) in [5, 5.41) is 12.3. The molecule has 5 heteroatoms. The molecule has 1 saturated heterocycles. The minimum absolute atomic E-state index is 0.0353. The Hall–Kier alpha value is -1.59. The van der Waals surface area contributed by atoms with Gasteiger partial charge in [-0.05, 0) is 37.5 Å². The Balaban J connectivity index is 2.01. The lowest BCUT2D eigenvalue weighted by Gasteiger charge is -2.13. The number of rotatable bonds is 3. The van der Waals surface area contributed by atoms with Crippen LogP contribution in [0.4, 0.5) is 5.69 Å². The molecule has 0 saturated carbocycles. The van der Waals surface area contributed by atoms with Gasteiger partial charge in [0.15, 0.2) is 0 Å². The fourth-order valence-electron chi connectivity index (χ4n) is 2.04. The molecule has 1 aliphatic heterocycles. The predicted octanol–water partition coefficient (Wildman–Crippen LogP) is 1.15. The summed E-state index contributed by atoms with van der Waals surface area (Å²) in [4.78, 5) is 12.0. The number of ether oxygens (including phenoxy) is 1. The molecule has 18 heavy (non-hydrogen) atoms. The molecule has 5 nitrogen and oxygen atoms in total. The van der Waals surface area contributed by atoms with Gasteiger partial charge < -0.3 is 20.9 Å². The quantitative estimate of drug-likeness (QED) is 0.702. The van der Waals surface area contributed by atoms with Crippen molar-refractivity contribution in [2.24, 2.45) is 5.73 Å². The van der Waals surface area contributed by atoms with Crippen LogP contribution in [0.2, 0.25) is 0 Å². The van der Waals surface area contributed by atoms with Crippen LogP contribution in [0.5, 0.6) is 5.75 Å². The Kier molecular flexibility index (Phi) is 3.84. The second-order valence-electron chi connectivity index (χ2n) is 4.57. The van der Waals surface area contributed by atoms with Gasteiger partial charge in [-0.3, -0.25) is 4.79 Å². The van der Waals surface area contributed by atoms with Gasteiger partial charge in [0, 0.05) is 6.54 Å². The average molecular weight is 250 g/mol. The van der Waals surface area contributed by atoms with Crippen molar-refractivity contribution in [1.29, 1.82) is 0 Å². The minimum Gasteiger partial charge on any atom is -0.506 e. The van der Waals surface area contributed by atoms with E-state index in [1.165, 1.54) is 0 Å². The monoisotopic (exact) mass is 250 g/mol. The van der Waals surface area contributed by atoms with Crippen LogP contribution >= 0.6 is 0 Å². The molecule has 1 aliphatic rings. The number of amides is 1. The van der Waals surface area contributed by atoms with Crippen molar-refractivity contribution in [2.75, 3.05) is 11.9 Å². The first-order valence-corrected chi connectivity index (χ1v) is 6.06. The number of benzene rings is 1. The molecule has 4 N–H and O–H groups in total. The highest BCUT2D eigenvalue weighted by molar-refractivity contribution is 5.95. The van der Waals surface area contributed by atoms with Gasteiger partial charge in [0.05, 0.1) is 11.8 Å². The lowest BCUT2D eigenvalue weighted by atomic mass is 10.1. The number of nitrogens with one attached hydrogen (secondary N) is 1. The second-order valence-corrected chi connectivity index (χ2v) is 4.57. The van der Waals surface area contributed by atoms with Crippen molar-refractivity contribution >= 4 is 11.6 Å². The van der Waals surface area contributed by atoms with Gasteiger partial charge in [0.2, 0.25) is 0 Å². The fourth-order valence-corrected chi connectivity index (χ4v) is 2.04.